The first-order valence-corrected chi connectivity index (χ1v) is 6.31. The van der Waals surface area contributed by atoms with E-state index in [-0.39, 0.29) is 5.01 Å². The van der Waals surface area contributed by atoms with Crippen LogP contribution in [0.3, 0.4) is 0 Å². The van der Waals surface area contributed by atoms with Crippen LogP contribution in [0.15, 0.2) is 22.7 Å². The molecule has 0 saturated heterocycles. The van der Waals surface area contributed by atoms with Gasteiger partial charge in [0.25, 0.3) is 0 Å². The number of nitrogens with zero attached hydrogens (tertiary/aromatic N) is 3. The highest BCUT2D eigenvalue weighted by Gasteiger charge is 2.09. The zero-order valence-electron chi connectivity index (χ0n) is 8.45. The number of thiazole rings is 1. The first-order valence-electron chi connectivity index (χ1n) is 4.44. The van der Waals surface area contributed by atoms with Crippen molar-refractivity contribution < 1.29 is 9.90 Å². The molecule has 84 valence electrons. The molecule has 0 aliphatic rings. The summed E-state index contributed by atoms with van der Waals surface area (Å²) in [5.41, 5.74) is 0.788. The van der Waals surface area contributed by atoms with E-state index < -0.39 is 5.97 Å². The fourth-order valence-electron chi connectivity index (χ4n) is 1.10. The second-order valence-electron chi connectivity index (χ2n) is 3.09. The Morgan fingerprint density at radius 2 is 2.50 bits per heavy atom. The summed E-state index contributed by atoms with van der Waals surface area (Å²) in [6.07, 6.45) is 3.68. The minimum absolute atomic E-state index is 0.141. The SMILES string of the molecule is Cn1cc(SCc2csc(C(=O)O)n2)cn1. The molecule has 0 aliphatic carbocycles. The summed E-state index contributed by atoms with van der Waals surface area (Å²) in [4.78, 5) is 15.7. The van der Waals surface area contributed by atoms with E-state index >= 15 is 0 Å². The second kappa shape index (κ2) is 4.67. The van der Waals surface area contributed by atoms with E-state index in [9.17, 15) is 4.79 Å². The van der Waals surface area contributed by atoms with Gasteiger partial charge in [-0.15, -0.1) is 23.1 Å². The first-order chi connectivity index (χ1) is 7.65. The number of carboxylic acids is 1. The molecule has 5 nitrogen and oxygen atoms in total. The molecular formula is C9H9N3O2S2. The van der Waals surface area contributed by atoms with E-state index in [0.29, 0.717) is 5.75 Å². The smallest absolute Gasteiger partial charge is 0.365 e. The summed E-state index contributed by atoms with van der Waals surface area (Å²) in [6.45, 7) is 0. The molecule has 2 rings (SSSR count). The van der Waals surface area contributed by atoms with Gasteiger partial charge in [-0.05, 0) is 0 Å². The van der Waals surface area contributed by atoms with Crippen LogP contribution in [0, 0.1) is 0 Å². The van der Waals surface area contributed by atoms with Crippen molar-refractivity contribution in [1.29, 1.82) is 0 Å². The van der Waals surface area contributed by atoms with Crippen LogP contribution in [0.25, 0.3) is 0 Å². The molecule has 0 atom stereocenters. The molecule has 0 spiro atoms. The highest BCUT2D eigenvalue weighted by molar-refractivity contribution is 7.98. The quantitative estimate of drug-likeness (QED) is 0.845. The van der Waals surface area contributed by atoms with Gasteiger partial charge in [-0.1, -0.05) is 0 Å². The van der Waals surface area contributed by atoms with Gasteiger partial charge in [0.1, 0.15) is 0 Å². The van der Waals surface area contributed by atoms with E-state index in [1.807, 2.05) is 13.2 Å². The molecule has 0 unspecified atom stereocenters. The van der Waals surface area contributed by atoms with Crippen LogP contribution in [0.5, 0.6) is 0 Å². The lowest BCUT2D eigenvalue weighted by molar-refractivity contribution is 0.0696. The van der Waals surface area contributed by atoms with E-state index in [4.69, 9.17) is 5.11 Å². The van der Waals surface area contributed by atoms with Gasteiger partial charge < -0.3 is 5.11 Å². The van der Waals surface area contributed by atoms with Crippen LogP contribution < -0.4 is 0 Å². The Balaban J connectivity index is 1.97. The number of aromatic nitrogens is 3. The first kappa shape index (κ1) is 11.2. The second-order valence-corrected chi connectivity index (χ2v) is 4.99. The highest BCUT2D eigenvalue weighted by atomic mass is 32.2. The molecule has 0 aromatic carbocycles. The number of carbonyl (C=O) groups is 1. The lowest BCUT2D eigenvalue weighted by Crippen LogP contribution is -1.94. The van der Waals surface area contributed by atoms with Crippen molar-refractivity contribution in [3.05, 3.63) is 28.5 Å². The molecule has 0 fully saturated rings. The third kappa shape index (κ3) is 2.61. The van der Waals surface area contributed by atoms with Gasteiger partial charge in [0.05, 0.1) is 11.9 Å². The van der Waals surface area contributed by atoms with Gasteiger partial charge in [-0.2, -0.15) is 5.10 Å². The molecule has 2 aromatic rings. The van der Waals surface area contributed by atoms with Crippen LogP contribution in [-0.4, -0.2) is 25.8 Å². The zero-order chi connectivity index (χ0) is 11.5. The molecule has 7 heteroatoms. The summed E-state index contributed by atoms with van der Waals surface area (Å²) in [5, 5.41) is 14.7. The fourth-order valence-corrected chi connectivity index (χ4v) is 2.67. The number of carboxylic acid groups (broad SMARTS) is 1. The average molecular weight is 255 g/mol. The fraction of sp³-hybridized carbons (Fsp3) is 0.222. The third-order valence-corrected chi connectivity index (χ3v) is 3.67. The number of hydrogen-bond acceptors (Lipinski definition) is 5. The van der Waals surface area contributed by atoms with Crippen molar-refractivity contribution in [1.82, 2.24) is 14.8 Å². The van der Waals surface area contributed by atoms with Crippen molar-refractivity contribution >= 4 is 29.1 Å². The van der Waals surface area contributed by atoms with Crippen LogP contribution in [0.2, 0.25) is 0 Å². The molecule has 2 aromatic heterocycles. The maximum atomic E-state index is 10.6. The molecule has 16 heavy (non-hydrogen) atoms. The van der Waals surface area contributed by atoms with Crippen molar-refractivity contribution in [2.75, 3.05) is 0 Å². The van der Waals surface area contributed by atoms with E-state index in [2.05, 4.69) is 10.1 Å². The van der Waals surface area contributed by atoms with Crippen LogP contribution in [0.4, 0.5) is 0 Å². The monoisotopic (exact) mass is 255 g/mol. The lowest BCUT2D eigenvalue weighted by Gasteiger charge is -1.93. The molecule has 0 saturated carbocycles. The summed E-state index contributed by atoms with van der Waals surface area (Å²) in [7, 11) is 1.86. The highest BCUT2D eigenvalue weighted by Crippen LogP contribution is 2.22. The van der Waals surface area contributed by atoms with Gasteiger partial charge in [0.2, 0.25) is 5.01 Å². The molecular weight excluding hydrogens is 246 g/mol. The van der Waals surface area contributed by atoms with Crippen molar-refractivity contribution in [3.63, 3.8) is 0 Å². The Kier molecular flexibility index (Phi) is 3.25. The number of thioether (sulfide) groups is 1. The van der Waals surface area contributed by atoms with Crippen LogP contribution in [-0.2, 0) is 12.8 Å². The third-order valence-electron chi connectivity index (χ3n) is 1.80. The Morgan fingerprint density at radius 3 is 3.06 bits per heavy atom. The van der Waals surface area contributed by atoms with E-state index in [1.165, 1.54) is 0 Å². The Morgan fingerprint density at radius 1 is 1.69 bits per heavy atom. The summed E-state index contributed by atoms with van der Waals surface area (Å²) >= 11 is 2.74. The predicted octanol–water partition coefficient (Wildman–Crippen LogP) is 1.87. The average Bonchev–Trinajstić information content (AvgIpc) is 2.83. The Bertz CT molecular complexity index is 506. The van der Waals surface area contributed by atoms with Gasteiger partial charge in [-0.25, -0.2) is 9.78 Å². The molecule has 0 bridgehead atoms. The molecule has 0 aliphatic heterocycles. The van der Waals surface area contributed by atoms with Crippen molar-refractivity contribution in [3.8, 4) is 0 Å². The van der Waals surface area contributed by atoms with E-state index in [0.717, 1.165) is 21.9 Å². The maximum Gasteiger partial charge on any atom is 0.365 e. The topological polar surface area (TPSA) is 68.0 Å². The Hall–Kier alpha value is -1.34. The van der Waals surface area contributed by atoms with Crippen LogP contribution in [0.1, 0.15) is 15.5 Å². The molecule has 2 heterocycles. The summed E-state index contributed by atoms with van der Waals surface area (Å²) in [5.74, 6) is -0.308. The van der Waals surface area contributed by atoms with Gasteiger partial charge in [0, 0.05) is 29.3 Å². The summed E-state index contributed by atoms with van der Waals surface area (Å²) in [6, 6.07) is 0. The number of aromatic carboxylic acids is 1. The normalized spacial score (nSPS) is 10.6. The number of hydrogen-bond donors (Lipinski definition) is 1. The zero-order valence-corrected chi connectivity index (χ0v) is 10.1. The minimum atomic E-state index is -0.970. The largest absolute Gasteiger partial charge is 0.476 e. The summed E-state index contributed by atoms with van der Waals surface area (Å²) < 4.78 is 1.73. The standard InChI is InChI=1S/C9H9N3O2S2/c1-12-3-7(2-10-12)15-4-6-5-16-8(11-6)9(13)14/h2-3,5H,4H2,1H3,(H,13,14). The predicted molar refractivity (Wildman–Crippen MR) is 61.8 cm³/mol. The van der Waals surface area contributed by atoms with E-state index in [1.54, 1.807) is 28.0 Å². The number of rotatable bonds is 4. The number of aryl methyl sites for hydroxylation is 1. The van der Waals surface area contributed by atoms with Crippen molar-refractivity contribution in [2.24, 2.45) is 7.05 Å². The van der Waals surface area contributed by atoms with Gasteiger partial charge in [0.15, 0.2) is 0 Å². The molecule has 0 amide bonds. The van der Waals surface area contributed by atoms with Gasteiger partial charge in [-0.3, -0.25) is 4.68 Å². The lowest BCUT2D eigenvalue weighted by atomic mass is 10.6. The van der Waals surface area contributed by atoms with Crippen molar-refractivity contribution in [2.45, 2.75) is 10.6 Å². The Labute approximate surface area is 100 Å². The minimum Gasteiger partial charge on any atom is -0.476 e. The maximum absolute atomic E-state index is 10.6. The van der Waals surface area contributed by atoms with Crippen LogP contribution >= 0.6 is 23.1 Å². The molecule has 0 radical (unpaired) electrons. The molecule has 1 N–H and O–H groups in total. The van der Waals surface area contributed by atoms with Gasteiger partial charge >= 0.3 is 5.97 Å².